The van der Waals surface area contributed by atoms with Gasteiger partial charge in [0, 0.05) is 12.1 Å². The highest BCUT2D eigenvalue weighted by molar-refractivity contribution is 5.95. The van der Waals surface area contributed by atoms with Crippen molar-refractivity contribution in [2.24, 2.45) is 0 Å². The molecule has 112 valence electrons. The molecule has 0 bridgehead atoms. The predicted octanol–water partition coefficient (Wildman–Crippen LogP) is 2.08. The molecule has 0 aliphatic rings. The molecule has 1 amide bonds. The molecule has 20 heavy (non-hydrogen) atoms. The molecule has 1 aromatic carbocycles. The Labute approximate surface area is 121 Å². The van der Waals surface area contributed by atoms with Crippen molar-refractivity contribution in [1.29, 1.82) is 0 Å². The Bertz CT molecular complexity index is 449. The Morgan fingerprint density at radius 2 is 1.85 bits per heavy atom. The van der Waals surface area contributed by atoms with Crippen LogP contribution in [0.5, 0.6) is 0 Å². The first-order valence-electron chi connectivity index (χ1n) is 7.24. The van der Waals surface area contributed by atoms with Crippen molar-refractivity contribution in [3.8, 4) is 0 Å². The minimum atomic E-state index is -0.265. The van der Waals surface area contributed by atoms with Crippen LogP contribution in [0.2, 0.25) is 0 Å². The molecule has 1 rings (SSSR count). The first kappa shape index (κ1) is 16.6. The average molecular weight is 281 g/mol. The molecule has 0 fully saturated rings. The molecule has 3 nitrogen and oxygen atoms in total. The minimum absolute atomic E-state index is 0.0104. The van der Waals surface area contributed by atoms with Crippen molar-refractivity contribution >= 4 is 11.6 Å². The van der Waals surface area contributed by atoms with E-state index < -0.39 is 0 Å². The molecule has 0 aromatic heterocycles. The van der Waals surface area contributed by atoms with Crippen molar-refractivity contribution < 1.29 is 14.1 Å². The Morgan fingerprint density at radius 3 is 2.30 bits per heavy atom. The van der Waals surface area contributed by atoms with E-state index in [0.29, 0.717) is 0 Å². The second kappa shape index (κ2) is 7.39. The number of unbranched alkanes of at least 4 members (excludes halogenated alkanes) is 1. The van der Waals surface area contributed by atoms with Crippen LogP contribution in [0.15, 0.2) is 12.1 Å². The summed E-state index contributed by atoms with van der Waals surface area (Å²) in [7, 11) is 3.98. The third-order valence-electron chi connectivity index (χ3n) is 3.61. The summed E-state index contributed by atoms with van der Waals surface area (Å²) in [5.74, 6) is -0.255. The van der Waals surface area contributed by atoms with Crippen molar-refractivity contribution in [3.05, 3.63) is 29.1 Å². The molecular formula is C16H26FN2O+. The normalized spacial score (nSPS) is 12.6. The molecular weight excluding hydrogens is 255 g/mol. The summed E-state index contributed by atoms with van der Waals surface area (Å²) >= 11 is 0. The Morgan fingerprint density at radius 1 is 1.30 bits per heavy atom. The van der Waals surface area contributed by atoms with Crippen molar-refractivity contribution in [2.75, 3.05) is 19.4 Å². The molecule has 1 aromatic rings. The highest BCUT2D eigenvalue weighted by Gasteiger charge is 2.24. The predicted molar refractivity (Wildman–Crippen MR) is 80.6 cm³/mol. The van der Waals surface area contributed by atoms with Gasteiger partial charge in [0.2, 0.25) is 0 Å². The topological polar surface area (TPSA) is 33.5 Å². The lowest BCUT2D eigenvalue weighted by molar-refractivity contribution is -0.875. The van der Waals surface area contributed by atoms with Gasteiger partial charge in [-0.15, -0.1) is 0 Å². The lowest BCUT2D eigenvalue weighted by Crippen LogP contribution is -3.11. The van der Waals surface area contributed by atoms with Crippen LogP contribution < -0.4 is 10.2 Å². The largest absolute Gasteiger partial charge is 0.330 e. The minimum Gasteiger partial charge on any atom is -0.330 e. The first-order valence-corrected chi connectivity index (χ1v) is 7.24. The van der Waals surface area contributed by atoms with Crippen LogP contribution >= 0.6 is 0 Å². The number of carbonyl (C=O) groups is 1. The van der Waals surface area contributed by atoms with Crippen LogP contribution in [0.25, 0.3) is 0 Å². The maximum absolute atomic E-state index is 13.3. The van der Waals surface area contributed by atoms with Crippen LogP contribution in [0.1, 0.15) is 37.3 Å². The molecule has 1 unspecified atom stereocenters. The maximum Gasteiger partial charge on any atom is 0.282 e. The van der Waals surface area contributed by atoms with Crippen LogP contribution in [0.4, 0.5) is 10.1 Å². The highest BCUT2D eigenvalue weighted by Crippen LogP contribution is 2.21. The fourth-order valence-corrected chi connectivity index (χ4v) is 2.41. The zero-order valence-corrected chi connectivity index (χ0v) is 13.1. The summed E-state index contributed by atoms with van der Waals surface area (Å²) in [4.78, 5) is 13.5. The summed E-state index contributed by atoms with van der Waals surface area (Å²) in [6.07, 6.45) is 2.97. The standard InChI is InChI=1S/C16H25FN2O/c1-6-7-8-14(19(4)5)16(20)18-15-11(2)9-13(17)10-12(15)3/h9-10,14H,6-8H2,1-5H3,(H,18,20)/p+1. The van der Waals surface area contributed by atoms with Gasteiger partial charge in [-0.05, 0) is 43.5 Å². The molecule has 0 saturated carbocycles. The van der Waals surface area contributed by atoms with Gasteiger partial charge in [0.05, 0.1) is 14.1 Å². The third kappa shape index (κ3) is 4.30. The fourth-order valence-electron chi connectivity index (χ4n) is 2.41. The van der Waals surface area contributed by atoms with E-state index in [-0.39, 0.29) is 17.8 Å². The number of hydrogen-bond acceptors (Lipinski definition) is 1. The lowest BCUT2D eigenvalue weighted by atomic mass is 10.1. The van der Waals surface area contributed by atoms with E-state index in [9.17, 15) is 9.18 Å². The molecule has 4 heteroatoms. The summed E-state index contributed by atoms with van der Waals surface area (Å²) in [5.41, 5.74) is 2.26. The van der Waals surface area contributed by atoms with Gasteiger partial charge in [0.15, 0.2) is 6.04 Å². The number of amides is 1. The van der Waals surface area contributed by atoms with Crippen LogP contribution in [-0.2, 0) is 4.79 Å². The number of rotatable bonds is 6. The van der Waals surface area contributed by atoms with E-state index in [4.69, 9.17) is 0 Å². The highest BCUT2D eigenvalue weighted by atomic mass is 19.1. The number of aryl methyl sites for hydroxylation is 2. The van der Waals surface area contributed by atoms with Gasteiger partial charge in [-0.25, -0.2) is 4.39 Å². The van der Waals surface area contributed by atoms with Gasteiger partial charge < -0.3 is 10.2 Å². The Hall–Kier alpha value is -1.42. The van der Waals surface area contributed by atoms with E-state index in [1.54, 1.807) is 0 Å². The molecule has 1 atom stereocenters. The van der Waals surface area contributed by atoms with Crippen molar-refractivity contribution in [3.63, 3.8) is 0 Å². The van der Waals surface area contributed by atoms with Gasteiger partial charge in [0.25, 0.3) is 5.91 Å². The van der Waals surface area contributed by atoms with Gasteiger partial charge in [0.1, 0.15) is 5.82 Å². The summed E-state index contributed by atoms with van der Waals surface area (Å²) < 4.78 is 13.3. The zero-order valence-electron chi connectivity index (χ0n) is 13.1. The second-order valence-electron chi connectivity index (χ2n) is 5.68. The maximum atomic E-state index is 13.3. The smallest absolute Gasteiger partial charge is 0.282 e. The molecule has 0 spiro atoms. The Balaban J connectivity index is 2.88. The Kier molecular flexibility index (Phi) is 6.14. The number of benzene rings is 1. The van der Waals surface area contributed by atoms with Gasteiger partial charge >= 0.3 is 0 Å². The van der Waals surface area contributed by atoms with E-state index in [2.05, 4.69) is 12.2 Å². The molecule has 2 N–H and O–H groups in total. The second-order valence-corrected chi connectivity index (χ2v) is 5.68. The average Bonchev–Trinajstić information content (AvgIpc) is 2.33. The zero-order chi connectivity index (χ0) is 15.3. The summed E-state index contributed by atoms with van der Waals surface area (Å²) in [5, 5.41) is 2.97. The number of hydrogen-bond donors (Lipinski definition) is 2. The number of likely N-dealkylation sites (N-methyl/N-ethyl adjacent to an activating group) is 1. The molecule has 0 saturated heterocycles. The summed E-state index contributed by atoms with van der Waals surface area (Å²) in [6.45, 7) is 5.75. The number of quaternary nitrogens is 1. The molecule has 0 aliphatic carbocycles. The lowest BCUT2D eigenvalue weighted by Gasteiger charge is -2.21. The molecule has 0 aliphatic heterocycles. The quantitative estimate of drug-likeness (QED) is 0.822. The van der Waals surface area contributed by atoms with Gasteiger partial charge in [-0.3, -0.25) is 4.79 Å². The number of carbonyl (C=O) groups excluding carboxylic acids is 1. The van der Waals surface area contributed by atoms with Crippen LogP contribution in [-0.4, -0.2) is 26.0 Å². The molecule has 0 radical (unpaired) electrons. The van der Waals surface area contributed by atoms with Crippen LogP contribution in [0.3, 0.4) is 0 Å². The van der Waals surface area contributed by atoms with Crippen molar-refractivity contribution in [2.45, 2.75) is 46.1 Å². The number of nitrogens with one attached hydrogen (secondary N) is 2. The monoisotopic (exact) mass is 281 g/mol. The van der Waals surface area contributed by atoms with Gasteiger partial charge in [-0.1, -0.05) is 13.3 Å². The first-order chi connectivity index (χ1) is 9.36. The fraction of sp³-hybridized carbons (Fsp3) is 0.562. The van der Waals surface area contributed by atoms with Crippen molar-refractivity contribution in [1.82, 2.24) is 0 Å². The number of anilines is 1. The summed E-state index contributed by atoms with van der Waals surface area (Å²) in [6, 6.07) is 2.83. The van der Waals surface area contributed by atoms with Crippen LogP contribution in [0, 0.1) is 19.7 Å². The molecule has 0 heterocycles. The SMILES string of the molecule is CCCCC(C(=O)Nc1c(C)cc(F)cc1C)[NH+](C)C. The van der Waals surface area contributed by atoms with E-state index in [0.717, 1.165) is 41.0 Å². The number of halogens is 1. The van der Waals surface area contributed by atoms with Gasteiger partial charge in [-0.2, -0.15) is 0 Å². The van der Waals surface area contributed by atoms with E-state index in [1.807, 2.05) is 27.9 Å². The van der Waals surface area contributed by atoms with E-state index in [1.165, 1.54) is 12.1 Å². The third-order valence-corrected chi connectivity index (χ3v) is 3.61. The van der Waals surface area contributed by atoms with E-state index >= 15 is 0 Å².